The number of carbonyl (C=O) groups is 1. The molecule has 17 heavy (non-hydrogen) atoms. The number of nitrogens with one attached hydrogen (secondary N) is 2. The zero-order valence-electron chi connectivity index (χ0n) is 10.1. The van der Waals surface area contributed by atoms with Gasteiger partial charge in [-0.15, -0.1) is 0 Å². The number of pyridine rings is 1. The number of hydrogen-bond acceptors (Lipinski definition) is 2. The highest BCUT2D eigenvalue weighted by Crippen LogP contribution is 2.23. The van der Waals surface area contributed by atoms with Crippen molar-refractivity contribution < 1.29 is 4.79 Å². The fraction of sp³-hybridized carbons (Fsp3) is 0.538. The lowest BCUT2D eigenvalue weighted by atomic mass is 9.86. The molecule has 0 bridgehead atoms. The summed E-state index contributed by atoms with van der Waals surface area (Å²) < 4.78 is 0. The van der Waals surface area contributed by atoms with E-state index in [1.165, 1.54) is 19.3 Å². The van der Waals surface area contributed by atoms with Gasteiger partial charge in [-0.2, -0.15) is 0 Å². The fourth-order valence-corrected chi connectivity index (χ4v) is 2.30. The molecule has 1 aromatic heterocycles. The number of nitrogens with zero attached hydrogens (tertiary/aromatic N) is 1. The molecule has 92 valence electrons. The molecule has 1 aromatic rings. The van der Waals surface area contributed by atoms with Crippen molar-refractivity contribution in [1.29, 1.82) is 0 Å². The van der Waals surface area contributed by atoms with Crippen LogP contribution in [0.2, 0.25) is 0 Å². The van der Waals surface area contributed by atoms with Crippen LogP contribution in [0.25, 0.3) is 0 Å². The zero-order valence-corrected chi connectivity index (χ0v) is 10.1. The van der Waals surface area contributed by atoms with Gasteiger partial charge in [-0.25, -0.2) is 4.79 Å². The van der Waals surface area contributed by atoms with Crippen LogP contribution < -0.4 is 10.6 Å². The maximum atomic E-state index is 11.8. The van der Waals surface area contributed by atoms with Crippen molar-refractivity contribution in [3.63, 3.8) is 0 Å². The van der Waals surface area contributed by atoms with Crippen LogP contribution in [0.15, 0.2) is 24.5 Å². The van der Waals surface area contributed by atoms with E-state index in [0.717, 1.165) is 12.1 Å². The second kappa shape index (κ2) is 5.66. The Morgan fingerprint density at radius 2 is 2.24 bits per heavy atom. The maximum Gasteiger partial charge on any atom is 0.319 e. The standard InChI is InChI=1S/C13H19N3O/c1-10-5-2-3-7-12(10)16-13(17)15-11-6-4-8-14-9-11/h4,6,8-10,12H,2-3,5,7H2,1H3,(H2,15,16,17). The van der Waals surface area contributed by atoms with Crippen LogP contribution in [0.5, 0.6) is 0 Å². The van der Waals surface area contributed by atoms with E-state index in [0.29, 0.717) is 12.0 Å². The van der Waals surface area contributed by atoms with Gasteiger partial charge >= 0.3 is 6.03 Å². The molecular formula is C13H19N3O. The van der Waals surface area contributed by atoms with Gasteiger partial charge in [0.1, 0.15) is 0 Å². The van der Waals surface area contributed by atoms with Gasteiger partial charge in [-0.05, 0) is 30.9 Å². The molecule has 4 nitrogen and oxygen atoms in total. The molecule has 2 N–H and O–H groups in total. The molecular weight excluding hydrogens is 214 g/mol. The molecule has 1 saturated carbocycles. The summed E-state index contributed by atoms with van der Waals surface area (Å²) in [6.45, 7) is 2.20. The van der Waals surface area contributed by atoms with Gasteiger partial charge in [0, 0.05) is 12.2 Å². The molecule has 2 rings (SSSR count). The largest absolute Gasteiger partial charge is 0.335 e. The molecule has 0 aromatic carbocycles. The van der Waals surface area contributed by atoms with Crippen LogP contribution in [0.4, 0.5) is 10.5 Å². The van der Waals surface area contributed by atoms with Crippen LogP contribution in [-0.2, 0) is 0 Å². The number of anilines is 1. The number of amides is 2. The molecule has 0 spiro atoms. The van der Waals surface area contributed by atoms with Crippen LogP contribution in [0, 0.1) is 5.92 Å². The first-order valence-corrected chi connectivity index (χ1v) is 6.23. The van der Waals surface area contributed by atoms with Crippen molar-refractivity contribution in [2.24, 2.45) is 5.92 Å². The third-order valence-electron chi connectivity index (χ3n) is 3.35. The van der Waals surface area contributed by atoms with Gasteiger partial charge in [-0.3, -0.25) is 4.98 Å². The maximum absolute atomic E-state index is 11.8. The Balaban J connectivity index is 1.84. The van der Waals surface area contributed by atoms with E-state index in [2.05, 4.69) is 22.5 Å². The minimum absolute atomic E-state index is 0.128. The first kappa shape index (κ1) is 11.9. The molecule has 1 heterocycles. The molecule has 2 amide bonds. The van der Waals surface area contributed by atoms with Gasteiger partial charge < -0.3 is 10.6 Å². The summed E-state index contributed by atoms with van der Waals surface area (Å²) >= 11 is 0. The molecule has 1 fully saturated rings. The van der Waals surface area contributed by atoms with Crippen LogP contribution >= 0.6 is 0 Å². The van der Waals surface area contributed by atoms with Crippen LogP contribution in [0.1, 0.15) is 32.6 Å². The Kier molecular flexibility index (Phi) is 3.96. The molecule has 4 heteroatoms. The predicted molar refractivity (Wildman–Crippen MR) is 67.8 cm³/mol. The van der Waals surface area contributed by atoms with Crippen molar-refractivity contribution in [2.45, 2.75) is 38.6 Å². The predicted octanol–water partition coefficient (Wildman–Crippen LogP) is 2.78. The zero-order chi connectivity index (χ0) is 12.1. The highest BCUT2D eigenvalue weighted by Gasteiger charge is 2.22. The molecule has 0 saturated heterocycles. The van der Waals surface area contributed by atoms with Gasteiger partial charge in [-0.1, -0.05) is 19.8 Å². The van der Waals surface area contributed by atoms with Crippen LogP contribution in [0.3, 0.4) is 0 Å². The second-order valence-corrected chi connectivity index (χ2v) is 4.71. The highest BCUT2D eigenvalue weighted by atomic mass is 16.2. The second-order valence-electron chi connectivity index (χ2n) is 4.71. The van der Waals surface area contributed by atoms with Gasteiger partial charge in [0.15, 0.2) is 0 Å². The topological polar surface area (TPSA) is 54.0 Å². The summed E-state index contributed by atoms with van der Waals surface area (Å²) in [6.07, 6.45) is 8.11. The monoisotopic (exact) mass is 233 g/mol. The Morgan fingerprint density at radius 1 is 1.41 bits per heavy atom. The fourth-order valence-electron chi connectivity index (χ4n) is 2.30. The lowest BCUT2D eigenvalue weighted by Gasteiger charge is -2.29. The molecule has 2 atom stereocenters. The number of carbonyl (C=O) groups excluding carboxylic acids is 1. The Hall–Kier alpha value is -1.58. The average Bonchev–Trinajstić information content (AvgIpc) is 2.33. The van der Waals surface area contributed by atoms with Crippen LogP contribution in [-0.4, -0.2) is 17.1 Å². The summed E-state index contributed by atoms with van der Waals surface area (Å²) in [5, 5.41) is 5.84. The van der Waals surface area contributed by atoms with Crippen molar-refractivity contribution >= 4 is 11.7 Å². The molecule has 1 aliphatic rings. The van der Waals surface area contributed by atoms with Crippen molar-refractivity contribution in [1.82, 2.24) is 10.3 Å². The summed E-state index contributed by atoms with van der Waals surface area (Å²) in [6, 6.07) is 3.81. The Morgan fingerprint density at radius 3 is 2.94 bits per heavy atom. The smallest absolute Gasteiger partial charge is 0.319 e. The van der Waals surface area contributed by atoms with Crippen molar-refractivity contribution in [3.8, 4) is 0 Å². The molecule has 1 aliphatic carbocycles. The minimum atomic E-state index is -0.128. The Labute approximate surface area is 102 Å². The molecule has 2 unspecified atom stereocenters. The lowest BCUT2D eigenvalue weighted by Crippen LogP contribution is -2.43. The first-order valence-electron chi connectivity index (χ1n) is 6.23. The van der Waals surface area contributed by atoms with E-state index in [1.807, 2.05) is 6.07 Å². The number of rotatable bonds is 2. The van der Waals surface area contributed by atoms with E-state index < -0.39 is 0 Å². The summed E-state index contributed by atoms with van der Waals surface area (Å²) in [7, 11) is 0. The molecule has 0 radical (unpaired) electrons. The molecule has 0 aliphatic heterocycles. The highest BCUT2D eigenvalue weighted by molar-refractivity contribution is 5.89. The third kappa shape index (κ3) is 3.44. The minimum Gasteiger partial charge on any atom is -0.335 e. The Bertz CT molecular complexity index is 366. The van der Waals surface area contributed by atoms with Gasteiger partial charge in [0.25, 0.3) is 0 Å². The number of hydrogen-bond donors (Lipinski definition) is 2. The van der Waals surface area contributed by atoms with E-state index >= 15 is 0 Å². The summed E-state index contributed by atoms with van der Waals surface area (Å²) in [4.78, 5) is 15.7. The van der Waals surface area contributed by atoms with E-state index in [1.54, 1.807) is 18.5 Å². The first-order chi connectivity index (χ1) is 8.25. The van der Waals surface area contributed by atoms with Crippen molar-refractivity contribution in [3.05, 3.63) is 24.5 Å². The van der Waals surface area contributed by atoms with Crippen molar-refractivity contribution in [2.75, 3.05) is 5.32 Å². The van der Waals surface area contributed by atoms with Gasteiger partial charge in [0.2, 0.25) is 0 Å². The average molecular weight is 233 g/mol. The van der Waals surface area contributed by atoms with E-state index in [9.17, 15) is 4.79 Å². The number of urea groups is 1. The van der Waals surface area contributed by atoms with Gasteiger partial charge in [0.05, 0.1) is 11.9 Å². The lowest BCUT2D eigenvalue weighted by molar-refractivity contribution is 0.232. The summed E-state index contributed by atoms with van der Waals surface area (Å²) in [5.74, 6) is 0.573. The normalized spacial score (nSPS) is 24.1. The quantitative estimate of drug-likeness (QED) is 0.825. The number of aromatic nitrogens is 1. The summed E-state index contributed by atoms with van der Waals surface area (Å²) in [5.41, 5.74) is 0.730. The van der Waals surface area contributed by atoms with E-state index in [4.69, 9.17) is 0 Å². The third-order valence-corrected chi connectivity index (χ3v) is 3.35. The van der Waals surface area contributed by atoms with E-state index in [-0.39, 0.29) is 6.03 Å². The SMILES string of the molecule is CC1CCCCC1NC(=O)Nc1cccnc1.